The predicted molar refractivity (Wildman–Crippen MR) is 82.2 cm³/mol. The van der Waals surface area contributed by atoms with Gasteiger partial charge in [0, 0.05) is 38.5 Å². The predicted octanol–water partition coefficient (Wildman–Crippen LogP) is 1.40. The van der Waals surface area contributed by atoms with Crippen LogP contribution < -0.4 is 0 Å². The Morgan fingerprint density at radius 2 is 2.00 bits per heavy atom. The van der Waals surface area contributed by atoms with E-state index in [1.165, 1.54) is 0 Å². The summed E-state index contributed by atoms with van der Waals surface area (Å²) in [5.41, 5.74) is -0.000359. The lowest BCUT2D eigenvalue weighted by Crippen LogP contribution is -2.51. The molecule has 1 unspecified atom stereocenters. The van der Waals surface area contributed by atoms with Crippen LogP contribution in [-0.2, 0) is 16.0 Å². The van der Waals surface area contributed by atoms with Crippen LogP contribution in [0, 0.1) is 5.41 Å². The topological polar surface area (TPSA) is 62.7 Å². The van der Waals surface area contributed by atoms with Crippen molar-refractivity contribution in [3.63, 3.8) is 0 Å². The van der Waals surface area contributed by atoms with Gasteiger partial charge in [-0.15, -0.1) is 0 Å². The van der Waals surface area contributed by atoms with Gasteiger partial charge in [-0.05, 0) is 43.9 Å². The van der Waals surface area contributed by atoms with Crippen LogP contribution >= 0.6 is 0 Å². The number of hydrogen-bond acceptors (Lipinski definition) is 4. The van der Waals surface area contributed by atoms with Gasteiger partial charge in [-0.3, -0.25) is 9.78 Å². The number of carbonyl (C=O) groups excluding carboxylic acids is 1. The molecule has 0 radical (unpaired) electrons. The highest BCUT2D eigenvalue weighted by molar-refractivity contribution is 5.83. The van der Waals surface area contributed by atoms with E-state index >= 15 is 0 Å². The average molecular weight is 304 g/mol. The smallest absolute Gasteiger partial charge is 0.230 e. The monoisotopic (exact) mass is 304 g/mol. The fourth-order valence-corrected chi connectivity index (χ4v) is 3.40. The summed E-state index contributed by atoms with van der Waals surface area (Å²) in [6.45, 7) is 4.41. The second-order valence-corrected chi connectivity index (χ2v) is 6.91. The van der Waals surface area contributed by atoms with Crippen molar-refractivity contribution in [1.82, 2.24) is 9.88 Å². The summed E-state index contributed by atoms with van der Waals surface area (Å²) in [6.07, 6.45) is 6.16. The Morgan fingerprint density at radius 3 is 2.59 bits per heavy atom. The van der Waals surface area contributed by atoms with Crippen LogP contribution in [0.1, 0.15) is 31.7 Å². The minimum atomic E-state index is -0.717. The molecule has 0 spiro atoms. The fourth-order valence-electron chi connectivity index (χ4n) is 3.40. The first-order chi connectivity index (χ1) is 10.5. The van der Waals surface area contributed by atoms with E-state index in [9.17, 15) is 9.90 Å². The number of amides is 1. The third-order valence-corrected chi connectivity index (χ3v) is 5.00. The summed E-state index contributed by atoms with van der Waals surface area (Å²) in [6, 6.07) is 3.87. The number of piperidine rings is 1. The number of pyridine rings is 1. The molecule has 5 heteroatoms. The molecule has 1 atom stereocenters. The molecule has 120 valence electrons. The number of likely N-dealkylation sites (tertiary alicyclic amines) is 1. The van der Waals surface area contributed by atoms with Gasteiger partial charge in [0.05, 0.1) is 17.6 Å². The minimum Gasteiger partial charge on any atom is -0.389 e. The largest absolute Gasteiger partial charge is 0.389 e. The number of aromatic nitrogens is 1. The minimum absolute atomic E-state index is 0.177. The van der Waals surface area contributed by atoms with Crippen molar-refractivity contribution in [1.29, 1.82) is 0 Å². The number of ether oxygens (including phenoxy) is 1. The van der Waals surface area contributed by atoms with E-state index in [1.54, 1.807) is 12.4 Å². The summed E-state index contributed by atoms with van der Waals surface area (Å²) in [7, 11) is 0. The lowest BCUT2D eigenvalue weighted by molar-refractivity contribution is -0.145. The molecular formula is C17H24N2O3. The van der Waals surface area contributed by atoms with Crippen LogP contribution in [0.4, 0.5) is 0 Å². The van der Waals surface area contributed by atoms with Crippen LogP contribution in [0.2, 0.25) is 0 Å². The van der Waals surface area contributed by atoms with Crippen LogP contribution in [0.3, 0.4) is 0 Å². The van der Waals surface area contributed by atoms with Crippen molar-refractivity contribution < 1.29 is 14.6 Å². The normalized spacial score (nSPS) is 27.8. The Labute approximate surface area is 131 Å². The van der Waals surface area contributed by atoms with E-state index in [0.717, 1.165) is 12.0 Å². The molecule has 0 saturated carbocycles. The molecule has 2 aliphatic rings. The molecule has 2 aliphatic heterocycles. The molecule has 5 nitrogen and oxygen atoms in total. The molecule has 1 aromatic heterocycles. The molecule has 2 fully saturated rings. The second-order valence-electron chi connectivity index (χ2n) is 6.91. The van der Waals surface area contributed by atoms with Crippen molar-refractivity contribution in [2.24, 2.45) is 5.41 Å². The van der Waals surface area contributed by atoms with Crippen LogP contribution in [-0.4, -0.2) is 52.8 Å². The van der Waals surface area contributed by atoms with Crippen LogP contribution in [0.5, 0.6) is 0 Å². The van der Waals surface area contributed by atoms with Gasteiger partial charge >= 0.3 is 0 Å². The van der Waals surface area contributed by atoms with Crippen molar-refractivity contribution in [3.8, 4) is 0 Å². The lowest BCUT2D eigenvalue weighted by atomic mass is 9.83. The second kappa shape index (κ2) is 5.97. The summed E-state index contributed by atoms with van der Waals surface area (Å²) < 4.78 is 5.39. The Hall–Kier alpha value is -1.46. The van der Waals surface area contributed by atoms with Crippen molar-refractivity contribution in [2.45, 2.75) is 38.2 Å². The van der Waals surface area contributed by atoms with Crippen molar-refractivity contribution in [2.75, 3.05) is 26.3 Å². The van der Waals surface area contributed by atoms with Gasteiger partial charge < -0.3 is 14.7 Å². The first-order valence-electron chi connectivity index (χ1n) is 7.99. The zero-order chi connectivity index (χ0) is 15.6. The van der Waals surface area contributed by atoms with Gasteiger partial charge in [0.1, 0.15) is 0 Å². The number of aliphatic hydroxyl groups is 1. The van der Waals surface area contributed by atoms with Gasteiger partial charge in [-0.1, -0.05) is 0 Å². The quantitative estimate of drug-likeness (QED) is 0.917. The molecule has 0 bridgehead atoms. The molecule has 1 N–H and O–H groups in total. The third kappa shape index (κ3) is 3.15. The van der Waals surface area contributed by atoms with Crippen LogP contribution in [0.25, 0.3) is 0 Å². The maximum Gasteiger partial charge on any atom is 0.230 e. The standard InChI is InChI=1S/C17H24N2O3/c1-16(6-11-22-13-16)15(20)19-9-4-17(21,5-10-19)12-14-2-7-18-8-3-14/h2-3,7-8,21H,4-6,9-13H2,1H3. The van der Waals surface area contributed by atoms with Gasteiger partial charge in [-0.2, -0.15) is 0 Å². The Morgan fingerprint density at radius 1 is 1.32 bits per heavy atom. The molecule has 1 aromatic rings. The molecule has 3 heterocycles. The highest BCUT2D eigenvalue weighted by Crippen LogP contribution is 2.33. The highest BCUT2D eigenvalue weighted by atomic mass is 16.5. The SMILES string of the molecule is CC1(C(=O)N2CCC(O)(Cc3ccncc3)CC2)CCOC1. The fraction of sp³-hybridized carbons (Fsp3) is 0.647. The summed E-state index contributed by atoms with van der Waals surface area (Å²) in [4.78, 5) is 18.5. The van der Waals surface area contributed by atoms with Gasteiger partial charge in [0.25, 0.3) is 0 Å². The zero-order valence-electron chi connectivity index (χ0n) is 13.1. The van der Waals surface area contributed by atoms with Crippen LogP contribution in [0.15, 0.2) is 24.5 Å². The van der Waals surface area contributed by atoms with E-state index in [-0.39, 0.29) is 11.3 Å². The lowest BCUT2D eigenvalue weighted by Gasteiger charge is -2.40. The van der Waals surface area contributed by atoms with E-state index in [2.05, 4.69) is 4.98 Å². The molecule has 22 heavy (non-hydrogen) atoms. The molecule has 1 amide bonds. The molecule has 3 rings (SSSR count). The zero-order valence-corrected chi connectivity index (χ0v) is 13.1. The van der Waals surface area contributed by atoms with Crippen molar-refractivity contribution >= 4 is 5.91 Å². The number of rotatable bonds is 3. The summed E-state index contributed by atoms with van der Waals surface area (Å²) in [5.74, 6) is 0.177. The van der Waals surface area contributed by atoms with E-state index in [0.29, 0.717) is 45.6 Å². The maximum atomic E-state index is 12.6. The maximum absolute atomic E-state index is 12.6. The average Bonchev–Trinajstić information content (AvgIpc) is 2.96. The number of nitrogens with zero attached hydrogens (tertiary/aromatic N) is 2. The Balaban J connectivity index is 1.59. The summed E-state index contributed by atoms with van der Waals surface area (Å²) in [5, 5.41) is 10.8. The Kier molecular flexibility index (Phi) is 4.19. The molecule has 2 saturated heterocycles. The third-order valence-electron chi connectivity index (χ3n) is 5.00. The van der Waals surface area contributed by atoms with Gasteiger partial charge in [0.15, 0.2) is 0 Å². The molecule has 0 aliphatic carbocycles. The first kappa shape index (κ1) is 15.4. The molecular weight excluding hydrogens is 280 g/mol. The Bertz CT molecular complexity index is 518. The van der Waals surface area contributed by atoms with E-state index < -0.39 is 5.60 Å². The first-order valence-corrected chi connectivity index (χ1v) is 7.99. The number of hydrogen-bond donors (Lipinski definition) is 1. The van der Waals surface area contributed by atoms with Gasteiger partial charge in [0.2, 0.25) is 5.91 Å². The summed E-state index contributed by atoms with van der Waals surface area (Å²) >= 11 is 0. The molecule has 0 aromatic carbocycles. The van der Waals surface area contributed by atoms with E-state index in [1.807, 2.05) is 24.0 Å². The van der Waals surface area contributed by atoms with E-state index in [4.69, 9.17) is 4.74 Å². The number of carbonyl (C=O) groups is 1. The van der Waals surface area contributed by atoms with Crippen molar-refractivity contribution in [3.05, 3.63) is 30.1 Å². The highest BCUT2D eigenvalue weighted by Gasteiger charge is 2.43. The van der Waals surface area contributed by atoms with Gasteiger partial charge in [-0.25, -0.2) is 0 Å².